The fourth-order valence-corrected chi connectivity index (χ4v) is 3.39. The Balaban J connectivity index is 2.23. The molecule has 0 saturated carbocycles. The van der Waals surface area contributed by atoms with Crippen molar-refractivity contribution >= 4 is 27.3 Å². The largest absolute Gasteiger partial charge is 0.317 e. The summed E-state index contributed by atoms with van der Waals surface area (Å²) >= 11 is 5.43. The Morgan fingerprint density at radius 2 is 2.27 bits per heavy atom. The monoisotopic (exact) mass is 289 g/mol. The Hall–Kier alpha value is 0.140. The summed E-state index contributed by atoms with van der Waals surface area (Å²) in [7, 11) is 2.07. The van der Waals surface area contributed by atoms with E-state index in [4.69, 9.17) is 0 Å². The van der Waals surface area contributed by atoms with Crippen molar-refractivity contribution in [2.45, 2.75) is 45.1 Å². The van der Waals surface area contributed by atoms with Crippen LogP contribution in [-0.2, 0) is 6.42 Å². The normalized spacial score (nSPS) is 13.0. The van der Waals surface area contributed by atoms with Crippen LogP contribution in [0, 0.1) is 0 Å². The van der Waals surface area contributed by atoms with Gasteiger partial charge in [0.2, 0.25) is 0 Å². The number of aryl methyl sites for hydroxylation is 1. The predicted octanol–water partition coefficient (Wildman–Crippen LogP) is 4.22. The van der Waals surface area contributed by atoms with Crippen molar-refractivity contribution in [1.82, 2.24) is 5.32 Å². The third kappa shape index (κ3) is 4.66. The van der Waals surface area contributed by atoms with Gasteiger partial charge in [-0.25, -0.2) is 0 Å². The van der Waals surface area contributed by atoms with E-state index in [0.29, 0.717) is 6.04 Å². The van der Waals surface area contributed by atoms with E-state index in [1.165, 1.54) is 41.5 Å². The van der Waals surface area contributed by atoms with Crippen LogP contribution in [0.5, 0.6) is 0 Å². The standard InChI is InChI=1S/C12H20BrNS/c1-3-5-10(14-2)6-4-7-12-11(13)8-9-15-12/h8-10,14H,3-7H2,1-2H3. The molecule has 1 aromatic rings. The highest BCUT2D eigenvalue weighted by atomic mass is 79.9. The third-order valence-electron chi connectivity index (χ3n) is 2.69. The van der Waals surface area contributed by atoms with Crippen LogP contribution >= 0.6 is 27.3 Å². The quantitative estimate of drug-likeness (QED) is 0.792. The summed E-state index contributed by atoms with van der Waals surface area (Å²) < 4.78 is 1.28. The van der Waals surface area contributed by atoms with Crippen LogP contribution < -0.4 is 5.32 Å². The van der Waals surface area contributed by atoms with E-state index in [0.717, 1.165) is 0 Å². The average Bonchev–Trinajstić information content (AvgIpc) is 2.63. The molecule has 0 bridgehead atoms. The number of halogens is 1. The molecule has 1 atom stereocenters. The molecule has 15 heavy (non-hydrogen) atoms. The van der Waals surface area contributed by atoms with Gasteiger partial charge in [0.1, 0.15) is 0 Å². The zero-order chi connectivity index (χ0) is 11.1. The van der Waals surface area contributed by atoms with Gasteiger partial charge in [-0.15, -0.1) is 11.3 Å². The number of rotatable bonds is 7. The van der Waals surface area contributed by atoms with Crippen LogP contribution in [0.3, 0.4) is 0 Å². The molecule has 0 aliphatic heterocycles. The molecule has 0 aromatic carbocycles. The smallest absolute Gasteiger partial charge is 0.0314 e. The first-order chi connectivity index (χ1) is 7.27. The van der Waals surface area contributed by atoms with Gasteiger partial charge < -0.3 is 5.32 Å². The number of nitrogens with one attached hydrogen (secondary N) is 1. The van der Waals surface area contributed by atoms with Crippen LogP contribution in [-0.4, -0.2) is 13.1 Å². The van der Waals surface area contributed by atoms with Gasteiger partial charge in [-0.2, -0.15) is 0 Å². The Morgan fingerprint density at radius 1 is 1.47 bits per heavy atom. The number of hydrogen-bond acceptors (Lipinski definition) is 2. The lowest BCUT2D eigenvalue weighted by Gasteiger charge is -2.14. The van der Waals surface area contributed by atoms with Gasteiger partial charge >= 0.3 is 0 Å². The minimum atomic E-state index is 0.703. The highest BCUT2D eigenvalue weighted by Gasteiger charge is 2.06. The van der Waals surface area contributed by atoms with Crippen LogP contribution in [0.1, 0.15) is 37.5 Å². The molecule has 1 N–H and O–H groups in total. The second-order valence-corrected chi connectivity index (χ2v) is 5.71. The van der Waals surface area contributed by atoms with Crippen LogP contribution in [0.2, 0.25) is 0 Å². The molecule has 0 amide bonds. The molecule has 0 fully saturated rings. The van der Waals surface area contributed by atoms with Crippen molar-refractivity contribution in [3.63, 3.8) is 0 Å². The molecule has 0 spiro atoms. The molecule has 1 rings (SSSR count). The van der Waals surface area contributed by atoms with Crippen LogP contribution in [0.25, 0.3) is 0 Å². The van der Waals surface area contributed by atoms with Gasteiger partial charge in [0.05, 0.1) is 0 Å². The summed E-state index contributed by atoms with van der Waals surface area (Å²) in [5.41, 5.74) is 0. The van der Waals surface area contributed by atoms with E-state index in [2.05, 4.69) is 46.7 Å². The molecule has 0 aliphatic carbocycles. The lowest BCUT2D eigenvalue weighted by atomic mass is 10.0. The van der Waals surface area contributed by atoms with Gasteiger partial charge in [0.15, 0.2) is 0 Å². The second-order valence-electron chi connectivity index (χ2n) is 3.86. The Labute approximate surface area is 105 Å². The van der Waals surface area contributed by atoms with Gasteiger partial charge in [0.25, 0.3) is 0 Å². The van der Waals surface area contributed by atoms with Gasteiger partial charge in [-0.05, 0) is 60.1 Å². The molecular formula is C12H20BrNS. The van der Waals surface area contributed by atoms with Gasteiger partial charge in [-0.1, -0.05) is 13.3 Å². The first-order valence-corrected chi connectivity index (χ1v) is 7.34. The maximum atomic E-state index is 3.58. The van der Waals surface area contributed by atoms with Crippen molar-refractivity contribution in [1.29, 1.82) is 0 Å². The summed E-state index contributed by atoms with van der Waals surface area (Å²) in [6.45, 7) is 2.25. The number of thiophene rings is 1. The zero-order valence-electron chi connectivity index (χ0n) is 9.55. The van der Waals surface area contributed by atoms with E-state index < -0.39 is 0 Å². The molecule has 0 saturated heterocycles. The summed E-state index contributed by atoms with van der Waals surface area (Å²) in [5.74, 6) is 0. The van der Waals surface area contributed by atoms with E-state index >= 15 is 0 Å². The van der Waals surface area contributed by atoms with Crippen LogP contribution in [0.4, 0.5) is 0 Å². The van der Waals surface area contributed by atoms with Crippen molar-refractivity contribution in [3.05, 3.63) is 20.8 Å². The Kier molecular flexibility index (Phi) is 6.53. The summed E-state index contributed by atoms with van der Waals surface area (Å²) in [6, 6.07) is 2.84. The Morgan fingerprint density at radius 3 is 2.80 bits per heavy atom. The fraction of sp³-hybridized carbons (Fsp3) is 0.667. The lowest BCUT2D eigenvalue weighted by Crippen LogP contribution is -2.24. The maximum absolute atomic E-state index is 3.58. The highest BCUT2D eigenvalue weighted by molar-refractivity contribution is 9.10. The molecule has 1 aromatic heterocycles. The molecule has 1 heterocycles. The van der Waals surface area contributed by atoms with E-state index in [1.54, 1.807) is 0 Å². The summed E-state index contributed by atoms with van der Waals surface area (Å²) in [6.07, 6.45) is 6.34. The van der Waals surface area contributed by atoms with Crippen molar-refractivity contribution in [2.75, 3.05) is 7.05 Å². The molecule has 0 radical (unpaired) electrons. The first-order valence-electron chi connectivity index (χ1n) is 5.67. The van der Waals surface area contributed by atoms with Crippen molar-refractivity contribution < 1.29 is 0 Å². The first kappa shape index (κ1) is 13.2. The van der Waals surface area contributed by atoms with E-state index in [1.807, 2.05) is 11.3 Å². The molecule has 0 aliphatic rings. The molecule has 3 heteroatoms. The topological polar surface area (TPSA) is 12.0 Å². The minimum Gasteiger partial charge on any atom is -0.317 e. The van der Waals surface area contributed by atoms with Crippen LogP contribution in [0.15, 0.2) is 15.9 Å². The molecule has 1 unspecified atom stereocenters. The second kappa shape index (κ2) is 7.42. The molecule has 86 valence electrons. The summed E-state index contributed by atoms with van der Waals surface area (Å²) in [4.78, 5) is 1.49. The average molecular weight is 290 g/mol. The minimum absolute atomic E-state index is 0.703. The maximum Gasteiger partial charge on any atom is 0.0314 e. The Bertz CT molecular complexity index is 272. The zero-order valence-corrected chi connectivity index (χ0v) is 12.0. The van der Waals surface area contributed by atoms with Crippen molar-refractivity contribution in [2.24, 2.45) is 0 Å². The lowest BCUT2D eigenvalue weighted by molar-refractivity contribution is 0.470. The molecule has 1 nitrogen and oxygen atoms in total. The SMILES string of the molecule is CCCC(CCCc1sccc1Br)NC. The van der Waals surface area contributed by atoms with Gasteiger partial charge in [0, 0.05) is 15.4 Å². The van der Waals surface area contributed by atoms with E-state index in [9.17, 15) is 0 Å². The van der Waals surface area contributed by atoms with Gasteiger partial charge in [-0.3, -0.25) is 0 Å². The van der Waals surface area contributed by atoms with Crippen molar-refractivity contribution in [3.8, 4) is 0 Å². The predicted molar refractivity (Wildman–Crippen MR) is 72.7 cm³/mol. The fourth-order valence-electron chi connectivity index (χ4n) is 1.79. The van der Waals surface area contributed by atoms with E-state index in [-0.39, 0.29) is 0 Å². The third-order valence-corrected chi connectivity index (χ3v) is 4.68. The number of hydrogen-bond donors (Lipinski definition) is 1. The summed E-state index contributed by atoms with van der Waals surface area (Å²) in [5, 5.41) is 5.54. The highest BCUT2D eigenvalue weighted by Crippen LogP contribution is 2.24. The molecular weight excluding hydrogens is 270 g/mol.